The van der Waals surface area contributed by atoms with Gasteiger partial charge in [0.15, 0.2) is 0 Å². The smallest absolute Gasteiger partial charge is 0.00923 e. The van der Waals surface area contributed by atoms with Crippen molar-refractivity contribution in [3.8, 4) is 22.3 Å². The molecular weight excluding hydrogens is 360 g/mol. The van der Waals surface area contributed by atoms with E-state index in [-0.39, 0.29) is 0 Å². The average Bonchev–Trinajstić information content (AvgIpc) is 2.84. The van der Waals surface area contributed by atoms with Gasteiger partial charge in [0, 0.05) is 0 Å². The van der Waals surface area contributed by atoms with E-state index in [1.807, 2.05) is 0 Å². The lowest BCUT2D eigenvalue weighted by Gasteiger charge is -2.16. The quantitative estimate of drug-likeness (QED) is 0.264. The zero-order valence-corrected chi connectivity index (χ0v) is 16.5. The van der Waals surface area contributed by atoms with Crippen LogP contribution in [-0.2, 0) is 0 Å². The van der Waals surface area contributed by atoms with Gasteiger partial charge in [0.05, 0.1) is 0 Å². The molecule has 0 amide bonds. The zero-order chi connectivity index (χ0) is 19.9. The van der Waals surface area contributed by atoms with Crippen LogP contribution in [0.1, 0.15) is 0 Å². The molecule has 0 heteroatoms. The van der Waals surface area contributed by atoms with E-state index in [1.54, 1.807) is 0 Å². The minimum absolute atomic E-state index is 1.25. The standard InChI is InChI=1S/C30H20/c1-3-11-21(12-4-1)27-19-29-25-17-9-7-15-23(25)24-16-8-10-18-26(24)30(29)20-28(27)22-13-5-2-6-14-22/h1-20H. The Hall–Kier alpha value is -3.90. The predicted octanol–water partition coefficient (Wildman–Crippen LogP) is 8.48. The monoisotopic (exact) mass is 380 g/mol. The van der Waals surface area contributed by atoms with Crippen molar-refractivity contribution in [1.29, 1.82) is 0 Å². The van der Waals surface area contributed by atoms with Gasteiger partial charge >= 0.3 is 0 Å². The summed E-state index contributed by atoms with van der Waals surface area (Å²) in [5.41, 5.74) is 5.04. The van der Waals surface area contributed by atoms with E-state index >= 15 is 0 Å². The van der Waals surface area contributed by atoms with Crippen LogP contribution in [0.15, 0.2) is 121 Å². The van der Waals surface area contributed by atoms with Crippen LogP contribution in [0.2, 0.25) is 0 Å². The molecular formula is C30H20. The van der Waals surface area contributed by atoms with Crippen molar-refractivity contribution in [2.24, 2.45) is 0 Å². The largest absolute Gasteiger partial charge is 0.0622 e. The lowest BCUT2D eigenvalue weighted by Crippen LogP contribution is -1.89. The molecule has 0 aliphatic rings. The second-order valence-corrected chi connectivity index (χ2v) is 7.77. The molecule has 0 bridgehead atoms. The molecule has 140 valence electrons. The molecule has 30 heavy (non-hydrogen) atoms. The van der Waals surface area contributed by atoms with E-state index in [9.17, 15) is 0 Å². The molecule has 0 saturated heterocycles. The lowest BCUT2D eigenvalue weighted by atomic mass is 9.87. The minimum atomic E-state index is 1.25. The molecule has 0 fully saturated rings. The molecule has 0 saturated carbocycles. The topological polar surface area (TPSA) is 0 Å². The number of rotatable bonds is 2. The summed E-state index contributed by atoms with van der Waals surface area (Å²) in [6.45, 7) is 0. The van der Waals surface area contributed by atoms with Crippen LogP contribution in [0, 0.1) is 0 Å². The van der Waals surface area contributed by atoms with Crippen molar-refractivity contribution in [2.75, 3.05) is 0 Å². The van der Waals surface area contributed by atoms with Gasteiger partial charge in [-0.1, -0.05) is 109 Å². The zero-order valence-electron chi connectivity index (χ0n) is 16.5. The molecule has 0 heterocycles. The van der Waals surface area contributed by atoms with Gasteiger partial charge in [0.25, 0.3) is 0 Å². The minimum Gasteiger partial charge on any atom is -0.0622 e. The van der Waals surface area contributed by atoms with Crippen molar-refractivity contribution in [1.82, 2.24) is 0 Å². The highest BCUT2D eigenvalue weighted by atomic mass is 14.2. The summed E-state index contributed by atoms with van der Waals surface area (Å²) in [5.74, 6) is 0. The first-order chi connectivity index (χ1) is 14.9. The third kappa shape index (κ3) is 2.62. The highest BCUT2D eigenvalue weighted by molar-refractivity contribution is 6.26. The van der Waals surface area contributed by atoms with Gasteiger partial charge in [-0.15, -0.1) is 0 Å². The van der Waals surface area contributed by atoms with Crippen LogP contribution < -0.4 is 0 Å². The Bertz CT molecular complexity index is 1390. The van der Waals surface area contributed by atoms with Crippen molar-refractivity contribution in [2.45, 2.75) is 0 Å². The lowest BCUT2D eigenvalue weighted by molar-refractivity contribution is 1.61. The van der Waals surface area contributed by atoms with Gasteiger partial charge in [-0.3, -0.25) is 0 Å². The maximum absolute atomic E-state index is 2.39. The van der Waals surface area contributed by atoms with E-state index in [0.717, 1.165) is 0 Å². The molecule has 6 aromatic carbocycles. The van der Waals surface area contributed by atoms with Gasteiger partial charge in [0.1, 0.15) is 0 Å². The van der Waals surface area contributed by atoms with Gasteiger partial charge < -0.3 is 0 Å². The summed E-state index contributed by atoms with van der Waals surface area (Å²) in [5, 5.41) is 7.86. The summed E-state index contributed by atoms with van der Waals surface area (Å²) in [6, 6.07) is 43.8. The number of benzene rings is 6. The van der Waals surface area contributed by atoms with Crippen LogP contribution in [0.4, 0.5) is 0 Å². The Balaban J connectivity index is 1.83. The molecule has 0 aliphatic heterocycles. The molecule has 0 spiro atoms. The highest BCUT2D eigenvalue weighted by Gasteiger charge is 2.14. The van der Waals surface area contributed by atoms with Crippen LogP contribution in [0.3, 0.4) is 0 Å². The Morgan fingerprint density at radius 3 is 0.933 bits per heavy atom. The van der Waals surface area contributed by atoms with Crippen molar-refractivity contribution in [3.63, 3.8) is 0 Å². The van der Waals surface area contributed by atoms with E-state index in [2.05, 4.69) is 121 Å². The Labute approximate surface area is 176 Å². The molecule has 6 aromatic rings. The van der Waals surface area contributed by atoms with E-state index in [1.165, 1.54) is 54.6 Å². The second-order valence-electron chi connectivity index (χ2n) is 7.77. The van der Waals surface area contributed by atoms with Gasteiger partial charge in [0.2, 0.25) is 0 Å². The molecule has 0 aromatic heterocycles. The summed E-state index contributed by atoms with van der Waals surface area (Å²) in [6.07, 6.45) is 0. The molecule has 6 rings (SSSR count). The fourth-order valence-electron chi connectivity index (χ4n) is 4.66. The van der Waals surface area contributed by atoms with Crippen LogP contribution in [0.5, 0.6) is 0 Å². The molecule has 0 atom stereocenters. The van der Waals surface area contributed by atoms with Crippen LogP contribution in [-0.4, -0.2) is 0 Å². The Morgan fingerprint density at radius 2 is 0.567 bits per heavy atom. The average molecular weight is 380 g/mol. The van der Waals surface area contributed by atoms with Crippen LogP contribution in [0.25, 0.3) is 54.6 Å². The summed E-state index contributed by atoms with van der Waals surface area (Å²) >= 11 is 0. The van der Waals surface area contributed by atoms with Crippen LogP contribution >= 0.6 is 0 Å². The molecule has 0 radical (unpaired) electrons. The molecule has 0 nitrogen and oxygen atoms in total. The van der Waals surface area contributed by atoms with Crippen molar-refractivity contribution in [3.05, 3.63) is 121 Å². The normalized spacial score (nSPS) is 11.3. The third-order valence-electron chi connectivity index (χ3n) is 6.05. The first-order valence-electron chi connectivity index (χ1n) is 10.4. The number of hydrogen-bond acceptors (Lipinski definition) is 0. The summed E-state index contributed by atoms with van der Waals surface area (Å²) in [4.78, 5) is 0. The predicted molar refractivity (Wildman–Crippen MR) is 130 cm³/mol. The first-order valence-corrected chi connectivity index (χ1v) is 10.4. The highest BCUT2D eigenvalue weighted by Crippen LogP contribution is 2.41. The summed E-state index contributed by atoms with van der Waals surface area (Å²) < 4.78 is 0. The van der Waals surface area contributed by atoms with Gasteiger partial charge in [-0.2, -0.15) is 0 Å². The molecule has 0 N–H and O–H groups in total. The summed E-state index contributed by atoms with van der Waals surface area (Å²) in [7, 11) is 0. The fourth-order valence-corrected chi connectivity index (χ4v) is 4.66. The van der Waals surface area contributed by atoms with E-state index < -0.39 is 0 Å². The van der Waals surface area contributed by atoms with Gasteiger partial charge in [-0.05, 0) is 66.7 Å². The first kappa shape index (κ1) is 17.0. The second kappa shape index (κ2) is 6.86. The third-order valence-corrected chi connectivity index (χ3v) is 6.05. The van der Waals surface area contributed by atoms with E-state index in [0.29, 0.717) is 0 Å². The van der Waals surface area contributed by atoms with Crippen molar-refractivity contribution >= 4 is 32.3 Å². The number of hydrogen-bond donors (Lipinski definition) is 0. The molecule has 0 unspecified atom stereocenters. The van der Waals surface area contributed by atoms with Crippen molar-refractivity contribution < 1.29 is 0 Å². The molecule has 0 aliphatic carbocycles. The Kier molecular flexibility index (Phi) is 3.89. The van der Waals surface area contributed by atoms with Gasteiger partial charge in [-0.25, -0.2) is 0 Å². The number of fused-ring (bicyclic) bond motifs is 6. The maximum atomic E-state index is 2.39. The Morgan fingerprint density at radius 1 is 0.267 bits per heavy atom. The van der Waals surface area contributed by atoms with E-state index in [4.69, 9.17) is 0 Å². The maximum Gasteiger partial charge on any atom is -0.00923 e. The SMILES string of the molecule is c1ccc(-c2cc3c4ccccc4c4ccccc4c3cc2-c2ccccc2)cc1. The fraction of sp³-hybridized carbons (Fsp3) is 0.